The van der Waals surface area contributed by atoms with Gasteiger partial charge in [0.15, 0.2) is 0 Å². The molecule has 31 heavy (non-hydrogen) atoms. The molecule has 3 aromatic heterocycles. The maximum atomic E-state index is 13.1. The number of benzene rings is 1. The number of fused-ring (bicyclic) bond motifs is 3. The van der Waals surface area contributed by atoms with E-state index in [1.54, 1.807) is 22.9 Å². The van der Waals surface area contributed by atoms with Crippen LogP contribution in [0.15, 0.2) is 47.5 Å². The number of rotatable bonds is 4. The van der Waals surface area contributed by atoms with E-state index in [2.05, 4.69) is 32.0 Å². The molecule has 0 radical (unpaired) electrons. The van der Waals surface area contributed by atoms with Crippen molar-refractivity contribution in [2.45, 2.75) is 19.8 Å². The van der Waals surface area contributed by atoms with Crippen molar-refractivity contribution in [2.24, 2.45) is 0 Å². The number of carbonyl (C=O) groups excluding carboxylic acids is 1. The van der Waals surface area contributed by atoms with Gasteiger partial charge < -0.3 is 14.8 Å². The van der Waals surface area contributed by atoms with Crippen LogP contribution in [0.25, 0.3) is 16.7 Å². The van der Waals surface area contributed by atoms with Gasteiger partial charge in [-0.3, -0.25) is 19.0 Å². The fraction of sp³-hybridized carbons (Fsp3) is 0.318. The second-order valence-corrected chi connectivity index (χ2v) is 7.70. The van der Waals surface area contributed by atoms with E-state index in [0.717, 1.165) is 43.0 Å². The number of hydrogen-bond donors (Lipinski definition) is 1. The predicted octanol–water partition coefficient (Wildman–Crippen LogP) is 1.88. The van der Waals surface area contributed by atoms with Crippen molar-refractivity contribution in [3.8, 4) is 0 Å². The van der Waals surface area contributed by atoms with E-state index in [1.165, 1.54) is 0 Å². The van der Waals surface area contributed by atoms with Gasteiger partial charge in [0.1, 0.15) is 5.82 Å². The third-order valence-electron chi connectivity index (χ3n) is 5.73. The molecule has 158 valence electrons. The van der Waals surface area contributed by atoms with Crippen molar-refractivity contribution in [1.29, 1.82) is 0 Å². The maximum Gasteiger partial charge on any atom is 0.294 e. The lowest BCUT2D eigenvalue weighted by molar-refractivity contribution is 0.0747. The molecule has 4 heterocycles. The van der Waals surface area contributed by atoms with Crippen molar-refractivity contribution in [2.75, 3.05) is 31.1 Å². The first kappa shape index (κ1) is 19.2. The van der Waals surface area contributed by atoms with Gasteiger partial charge in [-0.15, -0.1) is 10.2 Å². The van der Waals surface area contributed by atoms with Crippen molar-refractivity contribution < 1.29 is 4.79 Å². The summed E-state index contributed by atoms with van der Waals surface area (Å²) < 4.78 is 1.79. The lowest BCUT2D eigenvalue weighted by Gasteiger charge is -2.36. The number of aromatic amines is 1. The molecule has 9 nitrogen and oxygen atoms in total. The molecule has 1 aliphatic heterocycles. The highest BCUT2D eigenvalue weighted by atomic mass is 16.2. The lowest BCUT2D eigenvalue weighted by Crippen LogP contribution is -2.48. The predicted molar refractivity (Wildman–Crippen MR) is 117 cm³/mol. The lowest BCUT2D eigenvalue weighted by atomic mass is 10.1. The van der Waals surface area contributed by atoms with Gasteiger partial charge in [0, 0.05) is 56.2 Å². The molecule has 0 aliphatic carbocycles. The number of pyridine rings is 1. The van der Waals surface area contributed by atoms with Crippen LogP contribution in [-0.2, 0) is 6.42 Å². The molecule has 0 bridgehead atoms. The Labute approximate surface area is 178 Å². The van der Waals surface area contributed by atoms with Crippen LogP contribution in [0.2, 0.25) is 0 Å². The minimum absolute atomic E-state index is 0.0326. The summed E-state index contributed by atoms with van der Waals surface area (Å²) in [5.74, 6) is 0.717. The summed E-state index contributed by atoms with van der Waals surface area (Å²) in [5.41, 5.74) is 3.05. The van der Waals surface area contributed by atoms with E-state index in [1.807, 2.05) is 29.2 Å². The Bertz CT molecular complexity index is 1300. The monoisotopic (exact) mass is 417 g/mol. The van der Waals surface area contributed by atoms with Crippen LogP contribution in [0, 0.1) is 0 Å². The highest BCUT2D eigenvalue weighted by Crippen LogP contribution is 2.19. The minimum Gasteiger partial charge on any atom is -0.368 e. The summed E-state index contributed by atoms with van der Waals surface area (Å²) in [6.45, 7) is 4.87. The first-order valence-electron chi connectivity index (χ1n) is 10.5. The van der Waals surface area contributed by atoms with E-state index in [-0.39, 0.29) is 17.1 Å². The zero-order valence-corrected chi connectivity index (χ0v) is 17.3. The summed E-state index contributed by atoms with van der Waals surface area (Å²) >= 11 is 0. The normalized spacial score (nSPS) is 14.5. The average molecular weight is 417 g/mol. The van der Waals surface area contributed by atoms with Gasteiger partial charge in [-0.25, -0.2) is 0 Å². The molecule has 1 saturated heterocycles. The Hall–Kier alpha value is -3.75. The van der Waals surface area contributed by atoms with Gasteiger partial charge in [0.2, 0.25) is 5.65 Å². The Kier molecular flexibility index (Phi) is 4.85. The Morgan fingerprint density at radius 3 is 2.58 bits per heavy atom. The summed E-state index contributed by atoms with van der Waals surface area (Å²) in [7, 11) is 0. The fourth-order valence-corrected chi connectivity index (χ4v) is 4.15. The molecule has 1 amide bonds. The molecule has 1 fully saturated rings. The smallest absolute Gasteiger partial charge is 0.294 e. The number of aromatic nitrogens is 5. The van der Waals surface area contributed by atoms with E-state index >= 15 is 0 Å². The first-order valence-corrected chi connectivity index (χ1v) is 10.5. The van der Waals surface area contributed by atoms with Crippen molar-refractivity contribution >= 4 is 28.3 Å². The number of anilines is 1. The van der Waals surface area contributed by atoms with Crippen molar-refractivity contribution in [1.82, 2.24) is 29.5 Å². The molecule has 0 atom stereocenters. The van der Waals surface area contributed by atoms with Gasteiger partial charge in [-0.1, -0.05) is 6.92 Å². The Morgan fingerprint density at radius 2 is 1.84 bits per heavy atom. The SMILES string of the molecule is CCCc1nnc2c(=O)[nH]c3cc(C(=O)N4CCN(c5ccncc5)CC4)ccc3n12. The van der Waals surface area contributed by atoms with Crippen LogP contribution >= 0.6 is 0 Å². The van der Waals surface area contributed by atoms with E-state index in [9.17, 15) is 9.59 Å². The van der Waals surface area contributed by atoms with Crippen molar-refractivity contribution in [3.63, 3.8) is 0 Å². The average Bonchev–Trinajstić information content (AvgIpc) is 3.24. The largest absolute Gasteiger partial charge is 0.368 e. The summed E-state index contributed by atoms with van der Waals surface area (Å²) in [6, 6.07) is 9.39. The number of hydrogen-bond acceptors (Lipinski definition) is 6. The third-order valence-corrected chi connectivity index (χ3v) is 5.73. The van der Waals surface area contributed by atoms with Crippen molar-refractivity contribution in [3.05, 3.63) is 64.5 Å². The molecule has 0 spiro atoms. The standard InChI is InChI=1S/C22H23N7O2/c1-2-3-19-25-26-20-21(30)24-17-14-15(4-5-18(17)29(19)20)22(31)28-12-10-27(11-13-28)16-6-8-23-9-7-16/h4-9,14H,2-3,10-13H2,1H3,(H,24,30). The molecule has 0 unspecified atom stereocenters. The number of nitrogens with zero attached hydrogens (tertiary/aromatic N) is 6. The van der Waals surface area contributed by atoms with Gasteiger partial charge in [-0.2, -0.15) is 0 Å². The van der Waals surface area contributed by atoms with Gasteiger partial charge in [0.05, 0.1) is 11.0 Å². The van der Waals surface area contributed by atoms with Crippen LogP contribution in [0.5, 0.6) is 0 Å². The number of aryl methyl sites for hydroxylation is 1. The number of nitrogens with one attached hydrogen (secondary N) is 1. The first-order chi connectivity index (χ1) is 15.2. The number of H-pyrrole nitrogens is 1. The van der Waals surface area contributed by atoms with E-state index in [0.29, 0.717) is 24.2 Å². The summed E-state index contributed by atoms with van der Waals surface area (Å²) in [5, 5.41) is 8.20. The van der Waals surface area contributed by atoms with Gasteiger partial charge in [-0.05, 0) is 36.8 Å². The zero-order chi connectivity index (χ0) is 21.4. The van der Waals surface area contributed by atoms with Gasteiger partial charge >= 0.3 is 0 Å². The van der Waals surface area contributed by atoms with Crippen LogP contribution in [-0.4, -0.2) is 61.6 Å². The molecular weight excluding hydrogens is 394 g/mol. The summed E-state index contributed by atoms with van der Waals surface area (Å²) in [4.78, 5) is 36.6. The maximum absolute atomic E-state index is 13.1. The minimum atomic E-state index is -0.307. The molecular formula is C22H23N7O2. The topological polar surface area (TPSA) is 99.5 Å². The number of amides is 1. The zero-order valence-electron chi connectivity index (χ0n) is 17.3. The molecule has 1 aliphatic rings. The number of piperazine rings is 1. The quantitative estimate of drug-likeness (QED) is 0.544. The highest BCUT2D eigenvalue weighted by Gasteiger charge is 2.23. The molecule has 0 saturated carbocycles. The molecule has 9 heteroatoms. The molecule has 1 N–H and O–H groups in total. The number of carbonyl (C=O) groups is 1. The highest BCUT2D eigenvalue weighted by molar-refractivity contribution is 5.97. The molecule has 1 aromatic carbocycles. The van der Waals surface area contributed by atoms with Crippen LogP contribution in [0.3, 0.4) is 0 Å². The third kappa shape index (κ3) is 3.41. The van der Waals surface area contributed by atoms with Crippen LogP contribution in [0.1, 0.15) is 29.5 Å². The van der Waals surface area contributed by atoms with E-state index < -0.39 is 0 Å². The second kappa shape index (κ2) is 7.82. The van der Waals surface area contributed by atoms with E-state index in [4.69, 9.17) is 0 Å². The van der Waals surface area contributed by atoms with Gasteiger partial charge in [0.25, 0.3) is 11.5 Å². The second-order valence-electron chi connectivity index (χ2n) is 7.70. The Balaban J connectivity index is 1.41. The molecule has 4 aromatic rings. The molecule has 5 rings (SSSR count). The Morgan fingerprint density at radius 1 is 1.06 bits per heavy atom. The van der Waals surface area contributed by atoms with Crippen LogP contribution in [0.4, 0.5) is 5.69 Å². The fourth-order valence-electron chi connectivity index (χ4n) is 4.15. The summed E-state index contributed by atoms with van der Waals surface area (Å²) in [6.07, 6.45) is 5.18. The van der Waals surface area contributed by atoms with Crippen LogP contribution < -0.4 is 10.5 Å².